The van der Waals surface area contributed by atoms with E-state index in [1.165, 1.54) is 5.56 Å². The molecule has 4 heteroatoms. The number of aromatic nitrogens is 2. The quantitative estimate of drug-likeness (QED) is 0.604. The molecular formula is C21H25N3O. The average Bonchev–Trinajstić information content (AvgIpc) is 3.00. The third-order valence-corrected chi connectivity index (χ3v) is 4.56. The number of hydrogen-bond donors (Lipinski definition) is 0. The number of likely N-dealkylation sites (N-methyl/N-ethyl adjacent to an activating group) is 1. The maximum atomic E-state index is 12.1. The highest BCUT2D eigenvalue weighted by molar-refractivity contribution is 5.94. The van der Waals surface area contributed by atoms with Crippen LogP contribution in [0.1, 0.15) is 42.5 Å². The fraction of sp³-hybridized carbons (Fsp3) is 0.333. The molecule has 0 radical (unpaired) electrons. The lowest BCUT2D eigenvalue weighted by Gasteiger charge is -2.26. The van der Waals surface area contributed by atoms with Gasteiger partial charge in [0.05, 0.1) is 11.0 Å². The average molecular weight is 335 g/mol. The number of Topliss-reactive ketones (excluding diaryl/α,β-unsaturated/α-hetero) is 1. The molecule has 0 saturated carbocycles. The largest absolute Gasteiger partial charge is 0.317 e. The van der Waals surface area contributed by atoms with Crippen LogP contribution in [0.25, 0.3) is 11.0 Å². The van der Waals surface area contributed by atoms with E-state index >= 15 is 0 Å². The Morgan fingerprint density at radius 1 is 1.12 bits per heavy atom. The Labute approximate surface area is 149 Å². The summed E-state index contributed by atoms with van der Waals surface area (Å²) in [7, 11) is 2.13. The molecule has 3 rings (SSSR count). The molecule has 1 aromatic heterocycles. The lowest BCUT2D eigenvalue weighted by atomic mass is 10.1. The van der Waals surface area contributed by atoms with Crippen molar-refractivity contribution >= 4 is 16.8 Å². The minimum atomic E-state index is 0.0142. The molecule has 2 aromatic carbocycles. The molecule has 1 heterocycles. The lowest BCUT2D eigenvalue weighted by Crippen LogP contribution is -2.28. The third kappa shape index (κ3) is 3.80. The van der Waals surface area contributed by atoms with E-state index < -0.39 is 0 Å². The number of carbonyl (C=O) groups excluding carboxylic acids is 1. The van der Waals surface area contributed by atoms with Crippen LogP contribution in [-0.2, 0) is 6.54 Å². The molecule has 25 heavy (non-hydrogen) atoms. The maximum Gasteiger partial charge on any atom is 0.195 e. The molecule has 0 spiro atoms. The fourth-order valence-corrected chi connectivity index (χ4v) is 3.38. The fourth-order valence-electron chi connectivity index (χ4n) is 3.38. The number of fused-ring (bicyclic) bond motifs is 1. The molecule has 0 aliphatic carbocycles. The van der Waals surface area contributed by atoms with Crippen molar-refractivity contribution in [2.24, 2.45) is 0 Å². The van der Waals surface area contributed by atoms with E-state index in [1.807, 2.05) is 24.3 Å². The van der Waals surface area contributed by atoms with Crippen molar-refractivity contribution in [3.63, 3.8) is 0 Å². The first-order chi connectivity index (χ1) is 12.1. The molecule has 0 fully saturated rings. The van der Waals surface area contributed by atoms with Crippen molar-refractivity contribution in [2.45, 2.75) is 32.9 Å². The summed E-state index contributed by atoms with van der Waals surface area (Å²) in [5, 5.41) is 0. The summed E-state index contributed by atoms with van der Waals surface area (Å²) in [5.74, 6) is 0.571. The normalized spacial score (nSPS) is 12.6. The van der Waals surface area contributed by atoms with Gasteiger partial charge in [-0.2, -0.15) is 0 Å². The van der Waals surface area contributed by atoms with Gasteiger partial charge < -0.3 is 9.47 Å². The standard InChI is InChI=1S/C21H25N3O/c1-4-18(15-23(3)14-17-10-6-5-7-11-17)24-20-13-9-8-12-19(20)22-21(24)16(2)25/h5-13,18H,4,14-15H2,1-3H3/t18-/m0/s1. The number of benzene rings is 2. The van der Waals surface area contributed by atoms with Gasteiger partial charge in [-0.15, -0.1) is 0 Å². The zero-order chi connectivity index (χ0) is 17.8. The number of rotatable bonds is 7. The van der Waals surface area contributed by atoms with E-state index in [0.29, 0.717) is 5.82 Å². The van der Waals surface area contributed by atoms with Gasteiger partial charge in [-0.05, 0) is 31.2 Å². The predicted molar refractivity (Wildman–Crippen MR) is 102 cm³/mol. The Kier molecular flexibility index (Phi) is 5.29. The topological polar surface area (TPSA) is 38.1 Å². The molecule has 0 saturated heterocycles. The van der Waals surface area contributed by atoms with Crippen molar-refractivity contribution in [3.8, 4) is 0 Å². The van der Waals surface area contributed by atoms with E-state index in [-0.39, 0.29) is 11.8 Å². The summed E-state index contributed by atoms with van der Waals surface area (Å²) in [6.07, 6.45) is 0.944. The van der Waals surface area contributed by atoms with Crippen LogP contribution in [-0.4, -0.2) is 33.8 Å². The molecule has 4 nitrogen and oxygen atoms in total. The second kappa shape index (κ2) is 7.62. The third-order valence-electron chi connectivity index (χ3n) is 4.56. The molecule has 0 aliphatic rings. The van der Waals surface area contributed by atoms with Gasteiger partial charge in [-0.1, -0.05) is 49.4 Å². The van der Waals surface area contributed by atoms with Crippen LogP contribution in [0, 0.1) is 0 Å². The molecule has 0 amide bonds. The van der Waals surface area contributed by atoms with Crippen LogP contribution >= 0.6 is 0 Å². The molecule has 130 valence electrons. The van der Waals surface area contributed by atoms with E-state index in [0.717, 1.165) is 30.5 Å². The highest BCUT2D eigenvalue weighted by Gasteiger charge is 2.21. The molecule has 0 aliphatic heterocycles. The van der Waals surface area contributed by atoms with Gasteiger partial charge in [-0.3, -0.25) is 4.79 Å². The molecule has 0 unspecified atom stereocenters. The summed E-state index contributed by atoms with van der Waals surface area (Å²) in [4.78, 5) is 19.0. The summed E-state index contributed by atoms with van der Waals surface area (Å²) in [6, 6.07) is 18.7. The second-order valence-corrected chi connectivity index (χ2v) is 6.59. The van der Waals surface area contributed by atoms with E-state index in [1.54, 1.807) is 6.92 Å². The van der Waals surface area contributed by atoms with E-state index in [2.05, 4.69) is 58.8 Å². The molecule has 3 aromatic rings. The summed E-state index contributed by atoms with van der Waals surface area (Å²) in [5.41, 5.74) is 3.21. The molecule has 0 N–H and O–H groups in total. The van der Waals surface area contributed by atoms with Gasteiger partial charge >= 0.3 is 0 Å². The van der Waals surface area contributed by atoms with Gasteiger partial charge in [0.25, 0.3) is 0 Å². The number of ketones is 1. The number of imidazole rings is 1. The number of hydrogen-bond acceptors (Lipinski definition) is 3. The van der Waals surface area contributed by atoms with Crippen LogP contribution in [0.5, 0.6) is 0 Å². The van der Waals surface area contributed by atoms with Crippen LogP contribution in [0.3, 0.4) is 0 Å². The summed E-state index contributed by atoms with van der Waals surface area (Å²) < 4.78 is 2.12. The zero-order valence-corrected chi connectivity index (χ0v) is 15.1. The first-order valence-corrected chi connectivity index (χ1v) is 8.80. The van der Waals surface area contributed by atoms with Crippen LogP contribution in [0.4, 0.5) is 0 Å². The first-order valence-electron chi connectivity index (χ1n) is 8.80. The number of carbonyl (C=O) groups is 1. The Morgan fingerprint density at radius 2 is 1.80 bits per heavy atom. The number of para-hydroxylation sites is 2. The molecule has 0 bridgehead atoms. The lowest BCUT2D eigenvalue weighted by molar-refractivity contribution is 0.0996. The van der Waals surface area contributed by atoms with Crippen molar-refractivity contribution in [1.82, 2.24) is 14.5 Å². The van der Waals surface area contributed by atoms with Crippen molar-refractivity contribution in [2.75, 3.05) is 13.6 Å². The van der Waals surface area contributed by atoms with Crippen molar-refractivity contribution < 1.29 is 4.79 Å². The minimum Gasteiger partial charge on any atom is -0.317 e. The smallest absolute Gasteiger partial charge is 0.195 e. The van der Waals surface area contributed by atoms with E-state index in [9.17, 15) is 4.79 Å². The van der Waals surface area contributed by atoms with Crippen molar-refractivity contribution in [1.29, 1.82) is 0 Å². The second-order valence-electron chi connectivity index (χ2n) is 6.59. The van der Waals surface area contributed by atoms with Gasteiger partial charge in [0.15, 0.2) is 11.6 Å². The van der Waals surface area contributed by atoms with Gasteiger partial charge in [0, 0.05) is 26.1 Å². The maximum absolute atomic E-state index is 12.1. The summed E-state index contributed by atoms with van der Waals surface area (Å²) in [6.45, 7) is 5.52. The SMILES string of the molecule is CC[C@@H](CN(C)Cc1ccccc1)n1c(C(C)=O)nc2ccccc21. The minimum absolute atomic E-state index is 0.0142. The highest BCUT2D eigenvalue weighted by atomic mass is 16.1. The Bertz CT molecular complexity index is 854. The van der Waals surface area contributed by atoms with Gasteiger partial charge in [-0.25, -0.2) is 4.98 Å². The van der Waals surface area contributed by atoms with Crippen LogP contribution < -0.4 is 0 Å². The summed E-state index contributed by atoms with van der Waals surface area (Å²) >= 11 is 0. The molecule has 1 atom stereocenters. The van der Waals surface area contributed by atoms with E-state index in [4.69, 9.17) is 0 Å². The van der Waals surface area contributed by atoms with Gasteiger partial charge in [0.1, 0.15) is 0 Å². The first kappa shape index (κ1) is 17.4. The van der Waals surface area contributed by atoms with Gasteiger partial charge in [0.2, 0.25) is 0 Å². The Morgan fingerprint density at radius 3 is 2.48 bits per heavy atom. The van der Waals surface area contributed by atoms with Crippen molar-refractivity contribution in [3.05, 3.63) is 66.0 Å². The number of nitrogens with zero attached hydrogens (tertiary/aromatic N) is 3. The Hall–Kier alpha value is -2.46. The van der Waals surface area contributed by atoms with Crippen LogP contribution in [0.15, 0.2) is 54.6 Å². The highest BCUT2D eigenvalue weighted by Crippen LogP contribution is 2.24. The molecular weight excluding hydrogens is 310 g/mol. The monoisotopic (exact) mass is 335 g/mol. The Balaban J connectivity index is 1.89. The van der Waals surface area contributed by atoms with Crippen LogP contribution in [0.2, 0.25) is 0 Å². The predicted octanol–water partition coefficient (Wildman–Crippen LogP) is 4.32. The zero-order valence-electron chi connectivity index (χ0n) is 15.1.